The third kappa shape index (κ3) is 4.00. The average Bonchev–Trinajstić information content (AvgIpc) is 3.47. The molecule has 1 saturated carbocycles. The third-order valence-electron chi connectivity index (χ3n) is 6.71. The molecule has 170 valence electrons. The molecule has 0 unspecified atom stereocenters. The summed E-state index contributed by atoms with van der Waals surface area (Å²) in [6, 6.07) is 8.45. The summed E-state index contributed by atoms with van der Waals surface area (Å²) in [7, 11) is 1.67. The van der Waals surface area contributed by atoms with Crippen molar-refractivity contribution in [2.75, 3.05) is 19.5 Å². The van der Waals surface area contributed by atoms with Gasteiger partial charge in [0.15, 0.2) is 5.82 Å². The Morgan fingerprint density at radius 1 is 1.09 bits per heavy atom. The molecular formula is C24H27N7O2. The maximum atomic E-state index is 5.69. The standard InChI is InChI=1S/C24H27N7O2/c1-24(19-4-3-5-19,20-8-6-16(7-9-20)17-12-26-23(25)27-13-17)22-29-21(33-30-22)18-14-28-31(15-18)10-11-32-2/h6-9,12-15,19H,3-5,10-11H2,1-2H3,(H2,25,26,27)/t24-/m1/s1. The second-order valence-electron chi connectivity index (χ2n) is 8.65. The number of aromatic nitrogens is 6. The minimum absolute atomic E-state index is 0.269. The molecule has 0 amide bonds. The van der Waals surface area contributed by atoms with Gasteiger partial charge < -0.3 is 15.0 Å². The van der Waals surface area contributed by atoms with Crippen molar-refractivity contribution >= 4 is 5.95 Å². The van der Waals surface area contributed by atoms with Gasteiger partial charge in [0.1, 0.15) is 0 Å². The first-order chi connectivity index (χ1) is 16.1. The normalized spacial score (nSPS) is 15.8. The summed E-state index contributed by atoms with van der Waals surface area (Å²) >= 11 is 0. The van der Waals surface area contributed by atoms with E-state index in [9.17, 15) is 0 Å². The zero-order valence-electron chi connectivity index (χ0n) is 18.8. The van der Waals surface area contributed by atoms with Gasteiger partial charge in [-0.1, -0.05) is 35.8 Å². The summed E-state index contributed by atoms with van der Waals surface area (Å²) in [5.41, 5.74) is 9.20. The van der Waals surface area contributed by atoms with Gasteiger partial charge in [0, 0.05) is 31.3 Å². The van der Waals surface area contributed by atoms with Gasteiger partial charge in [0.2, 0.25) is 5.95 Å². The number of anilines is 1. The van der Waals surface area contributed by atoms with E-state index in [1.54, 1.807) is 25.7 Å². The van der Waals surface area contributed by atoms with Crippen molar-refractivity contribution in [1.82, 2.24) is 29.9 Å². The van der Waals surface area contributed by atoms with Gasteiger partial charge in [0.25, 0.3) is 5.89 Å². The van der Waals surface area contributed by atoms with Crippen LogP contribution in [0.25, 0.3) is 22.6 Å². The highest BCUT2D eigenvalue weighted by Gasteiger charge is 2.44. The first-order valence-electron chi connectivity index (χ1n) is 11.1. The Labute approximate surface area is 192 Å². The van der Waals surface area contributed by atoms with E-state index >= 15 is 0 Å². The summed E-state index contributed by atoms with van der Waals surface area (Å²) in [4.78, 5) is 13.0. The van der Waals surface area contributed by atoms with Crippen molar-refractivity contribution < 1.29 is 9.26 Å². The van der Waals surface area contributed by atoms with Crippen molar-refractivity contribution in [3.63, 3.8) is 0 Å². The quantitative estimate of drug-likeness (QED) is 0.436. The summed E-state index contributed by atoms with van der Waals surface area (Å²) in [6.45, 7) is 3.48. The lowest BCUT2D eigenvalue weighted by Crippen LogP contribution is -2.38. The van der Waals surface area contributed by atoms with Crippen molar-refractivity contribution in [2.24, 2.45) is 5.92 Å². The Hall–Kier alpha value is -3.59. The molecule has 1 atom stereocenters. The lowest BCUT2D eigenvalue weighted by molar-refractivity contribution is 0.183. The molecule has 1 aliphatic carbocycles. The molecule has 9 nitrogen and oxygen atoms in total. The number of hydrogen-bond donors (Lipinski definition) is 1. The number of rotatable bonds is 8. The summed E-state index contributed by atoms with van der Waals surface area (Å²) in [5.74, 6) is 1.91. The molecule has 1 aliphatic rings. The Balaban J connectivity index is 1.45. The lowest BCUT2D eigenvalue weighted by atomic mass is 9.62. The van der Waals surface area contributed by atoms with Crippen molar-refractivity contribution in [3.8, 4) is 22.6 Å². The van der Waals surface area contributed by atoms with E-state index in [-0.39, 0.29) is 11.4 Å². The minimum Gasteiger partial charge on any atom is -0.383 e. The SMILES string of the molecule is COCCn1cc(-c2nc([C@@](C)(c3ccc(-c4cnc(N)nc4)cc3)C3CCC3)no2)cn1. The highest BCUT2D eigenvalue weighted by atomic mass is 16.5. The maximum Gasteiger partial charge on any atom is 0.261 e. The highest BCUT2D eigenvalue weighted by Crippen LogP contribution is 2.47. The van der Waals surface area contributed by atoms with Crippen molar-refractivity contribution in [2.45, 2.75) is 38.1 Å². The second-order valence-corrected chi connectivity index (χ2v) is 8.65. The van der Waals surface area contributed by atoms with Crippen LogP contribution < -0.4 is 5.73 Å². The van der Waals surface area contributed by atoms with Gasteiger partial charge in [-0.3, -0.25) is 4.68 Å². The van der Waals surface area contributed by atoms with Crippen LogP contribution in [0.3, 0.4) is 0 Å². The van der Waals surface area contributed by atoms with E-state index in [0.29, 0.717) is 30.8 Å². The third-order valence-corrected chi connectivity index (χ3v) is 6.71. The van der Waals surface area contributed by atoms with Crippen LogP contribution in [-0.4, -0.2) is 43.6 Å². The van der Waals surface area contributed by atoms with Gasteiger partial charge in [-0.15, -0.1) is 0 Å². The number of methoxy groups -OCH3 is 1. The van der Waals surface area contributed by atoms with E-state index in [0.717, 1.165) is 35.1 Å². The number of nitrogen functional groups attached to an aromatic ring is 1. The predicted molar refractivity (Wildman–Crippen MR) is 123 cm³/mol. The van der Waals surface area contributed by atoms with Crippen LogP contribution in [0.15, 0.2) is 53.6 Å². The fraction of sp³-hybridized carbons (Fsp3) is 0.375. The number of nitrogens with zero attached hydrogens (tertiary/aromatic N) is 6. The maximum absolute atomic E-state index is 5.69. The van der Waals surface area contributed by atoms with Crippen LogP contribution in [0.1, 0.15) is 37.6 Å². The molecule has 1 fully saturated rings. The smallest absolute Gasteiger partial charge is 0.261 e. The van der Waals surface area contributed by atoms with E-state index in [2.05, 4.69) is 51.4 Å². The van der Waals surface area contributed by atoms with Crippen molar-refractivity contribution in [1.29, 1.82) is 0 Å². The Morgan fingerprint density at radius 2 is 1.85 bits per heavy atom. The van der Waals surface area contributed by atoms with Gasteiger partial charge in [-0.25, -0.2) is 9.97 Å². The first-order valence-corrected chi connectivity index (χ1v) is 11.1. The summed E-state index contributed by atoms with van der Waals surface area (Å²) in [6.07, 6.45) is 10.6. The monoisotopic (exact) mass is 445 g/mol. The van der Waals surface area contributed by atoms with Crippen LogP contribution in [-0.2, 0) is 16.7 Å². The highest BCUT2D eigenvalue weighted by molar-refractivity contribution is 5.62. The van der Waals surface area contributed by atoms with E-state index in [1.165, 1.54) is 6.42 Å². The van der Waals surface area contributed by atoms with Crippen molar-refractivity contribution in [3.05, 3.63) is 60.4 Å². The molecule has 0 radical (unpaired) electrons. The van der Waals surface area contributed by atoms with Gasteiger partial charge in [-0.2, -0.15) is 10.1 Å². The minimum atomic E-state index is -0.345. The summed E-state index contributed by atoms with van der Waals surface area (Å²) < 4.78 is 12.6. The fourth-order valence-corrected chi connectivity index (χ4v) is 4.36. The van der Waals surface area contributed by atoms with E-state index in [4.69, 9.17) is 20.0 Å². The van der Waals surface area contributed by atoms with Crippen LogP contribution in [0, 0.1) is 5.92 Å². The number of ether oxygens (including phenoxy) is 1. The predicted octanol–water partition coefficient (Wildman–Crippen LogP) is 3.72. The molecule has 4 aromatic rings. The molecule has 0 spiro atoms. The Morgan fingerprint density at radius 3 is 2.52 bits per heavy atom. The number of benzene rings is 1. The van der Waals surface area contributed by atoms with Gasteiger partial charge >= 0.3 is 0 Å². The molecular weight excluding hydrogens is 418 g/mol. The van der Waals surface area contributed by atoms with E-state index < -0.39 is 0 Å². The largest absolute Gasteiger partial charge is 0.383 e. The zero-order valence-corrected chi connectivity index (χ0v) is 18.8. The first kappa shape index (κ1) is 21.3. The average molecular weight is 446 g/mol. The molecule has 3 aromatic heterocycles. The van der Waals surface area contributed by atoms with Crippen LogP contribution in [0.4, 0.5) is 5.95 Å². The molecule has 1 aromatic carbocycles. The molecule has 33 heavy (non-hydrogen) atoms. The van der Waals surface area contributed by atoms with Gasteiger partial charge in [-0.05, 0) is 36.8 Å². The summed E-state index contributed by atoms with van der Waals surface area (Å²) in [5, 5.41) is 8.78. The molecule has 5 rings (SSSR count). The lowest BCUT2D eigenvalue weighted by Gasteiger charge is -2.41. The molecule has 3 heterocycles. The van der Waals surface area contributed by atoms with Crippen LogP contribution in [0.5, 0.6) is 0 Å². The second kappa shape index (κ2) is 8.74. The van der Waals surface area contributed by atoms with E-state index in [1.807, 2.05) is 10.9 Å². The Kier molecular flexibility index (Phi) is 5.63. The van der Waals surface area contributed by atoms with Gasteiger partial charge in [0.05, 0.1) is 30.3 Å². The molecule has 2 N–H and O–H groups in total. The number of hydrogen-bond acceptors (Lipinski definition) is 8. The fourth-order valence-electron chi connectivity index (χ4n) is 4.36. The molecule has 0 saturated heterocycles. The Bertz CT molecular complexity index is 1210. The topological polar surface area (TPSA) is 118 Å². The molecule has 9 heteroatoms. The molecule has 0 bridgehead atoms. The zero-order chi connectivity index (χ0) is 22.8. The van der Waals surface area contributed by atoms with Crippen LogP contribution >= 0.6 is 0 Å². The van der Waals surface area contributed by atoms with Crippen LogP contribution in [0.2, 0.25) is 0 Å². The number of nitrogens with two attached hydrogens (primary N) is 1. The molecule has 0 aliphatic heterocycles.